The smallest absolute Gasteiger partial charge is 0.326 e. The topological polar surface area (TPSA) is 119 Å². The van der Waals surface area contributed by atoms with E-state index in [1.807, 2.05) is 0 Å². The minimum Gasteiger partial charge on any atom is -0.480 e. The van der Waals surface area contributed by atoms with Crippen molar-refractivity contribution < 1.29 is 24.2 Å². The molecule has 1 amide bonds. The third kappa shape index (κ3) is 45.9. The molecule has 0 spiro atoms. The third-order valence-corrected chi connectivity index (χ3v) is 12.6. The van der Waals surface area contributed by atoms with Crippen LogP contribution < -0.4 is 11.1 Å². The number of carboxylic acids is 1. The molecule has 7 heteroatoms. The van der Waals surface area contributed by atoms with E-state index < -0.39 is 12.0 Å². The minimum absolute atomic E-state index is 0.00220. The largest absolute Gasteiger partial charge is 0.480 e. The summed E-state index contributed by atoms with van der Waals surface area (Å²) < 4.78 is 6.09. The fourth-order valence-corrected chi connectivity index (χ4v) is 8.51. The average Bonchev–Trinajstić information content (AvgIpc) is 3.25. The standard InChI is InChI=1S/C54H104N2O5/c1-3-5-7-9-11-13-15-17-19-20-21-22-23-25-27-29-31-33-38-42-48-53(58)61-50(44-39-35-32-30-28-26-24-18-16-14-12-10-8-6-4-2)45-40-36-34-37-41-47-52(57)56-51(54(59)60)46-43-49-55/h26,28,50-51H,3-25,27,29-49,55H2,1-2H3,(H,56,57)(H,59,60)/b28-26-. The van der Waals surface area contributed by atoms with Crippen molar-refractivity contribution in [1.82, 2.24) is 5.32 Å². The van der Waals surface area contributed by atoms with Crippen LogP contribution in [-0.4, -0.2) is 41.6 Å². The van der Waals surface area contributed by atoms with Crippen LogP contribution in [0.4, 0.5) is 0 Å². The molecule has 0 saturated carbocycles. The van der Waals surface area contributed by atoms with Crippen molar-refractivity contribution in [2.75, 3.05) is 6.54 Å². The van der Waals surface area contributed by atoms with Crippen molar-refractivity contribution in [3.8, 4) is 0 Å². The van der Waals surface area contributed by atoms with Crippen LogP contribution in [0.25, 0.3) is 0 Å². The number of hydrogen-bond donors (Lipinski definition) is 3. The van der Waals surface area contributed by atoms with E-state index in [0.717, 1.165) is 70.6 Å². The fourth-order valence-electron chi connectivity index (χ4n) is 8.51. The maximum Gasteiger partial charge on any atom is 0.326 e. The van der Waals surface area contributed by atoms with Crippen molar-refractivity contribution >= 4 is 17.8 Å². The molecule has 0 fully saturated rings. The molecule has 7 nitrogen and oxygen atoms in total. The Hall–Kier alpha value is -1.89. The minimum atomic E-state index is -1.00. The molecule has 360 valence electrons. The van der Waals surface area contributed by atoms with Crippen LogP contribution in [0.2, 0.25) is 0 Å². The number of allylic oxidation sites excluding steroid dienone is 2. The normalized spacial score (nSPS) is 12.6. The second kappa shape index (κ2) is 49.1. The van der Waals surface area contributed by atoms with Crippen molar-refractivity contribution in [2.24, 2.45) is 5.73 Å². The molecule has 0 aliphatic rings. The van der Waals surface area contributed by atoms with Gasteiger partial charge in [0, 0.05) is 12.8 Å². The highest BCUT2D eigenvalue weighted by atomic mass is 16.5. The van der Waals surface area contributed by atoms with Gasteiger partial charge in [0.25, 0.3) is 0 Å². The lowest BCUT2D eigenvalue weighted by Crippen LogP contribution is -2.40. The van der Waals surface area contributed by atoms with Gasteiger partial charge in [-0.3, -0.25) is 9.59 Å². The van der Waals surface area contributed by atoms with Crippen LogP contribution in [0.3, 0.4) is 0 Å². The Morgan fingerprint density at radius 1 is 0.459 bits per heavy atom. The van der Waals surface area contributed by atoms with E-state index in [4.69, 9.17) is 10.5 Å². The number of nitrogens with two attached hydrogens (primary N) is 1. The molecule has 4 N–H and O–H groups in total. The molecular formula is C54H104N2O5. The Kier molecular flexibility index (Phi) is 47.6. The summed E-state index contributed by atoms with van der Waals surface area (Å²) in [6.07, 6.45) is 57.1. The van der Waals surface area contributed by atoms with Gasteiger partial charge in [0.15, 0.2) is 0 Å². The van der Waals surface area contributed by atoms with Crippen molar-refractivity contribution in [1.29, 1.82) is 0 Å². The number of amides is 1. The Balaban J connectivity index is 4.24. The maximum atomic E-state index is 12.9. The second-order valence-electron chi connectivity index (χ2n) is 18.6. The lowest BCUT2D eigenvalue weighted by atomic mass is 10.0. The van der Waals surface area contributed by atoms with Gasteiger partial charge in [-0.2, -0.15) is 0 Å². The second-order valence-corrected chi connectivity index (χ2v) is 18.6. The molecule has 0 saturated heterocycles. The number of ether oxygens (including phenoxy) is 1. The maximum absolute atomic E-state index is 12.9. The Bertz CT molecular complexity index is 971. The van der Waals surface area contributed by atoms with Gasteiger partial charge in [0.05, 0.1) is 0 Å². The van der Waals surface area contributed by atoms with Crippen molar-refractivity contribution in [2.45, 2.75) is 309 Å². The Morgan fingerprint density at radius 2 is 0.803 bits per heavy atom. The van der Waals surface area contributed by atoms with E-state index in [0.29, 0.717) is 32.2 Å². The van der Waals surface area contributed by atoms with Crippen molar-refractivity contribution in [3.63, 3.8) is 0 Å². The highest BCUT2D eigenvalue weighted by Crippen LogP contribution is 2.19. The summed E-state index contributed by atoms with van der Waals surface area (Å²) in [6, 6.07) is -0.856. The summed E-state index contributed by atoms with van der Waals surface area (Å²) in [5, 5.41) is 12.0. The quantitative estimate of drug-likeness (QED) is 0.0318. The first-order chi connectivity index (χ1) is 29.9. The number of esters is 1. The molecule has 0 rings (SSSR count). The van der Waals surface area contributed by atoms with E-state index >= 15 is 0 Å². The van der Waals surface area contributed by atoms with Gasteiger partial charge in [-0.25, -0.2) is 4.79 Å². The average molecular weight is 861 g/mol. The summed E-state index contributed by atoms with van der Waals surface area (Å²) in [7, 11) is 0. The molecule has 2 atom stereocenters. The summed E-state index contributed by atoms with van der Waals surface area (Å²) in [5.74, 6) is -1.22. The van der Waals surface area contributed by atoms with Crippen LogP contribution in [0, 0.1) is 0 Å². The van der Waals surface area contributed by atoms with Gasteiger partial charge >= 0.3 is 11.9 Å². The predicted molar refractivity (Wildman–Crippen MR) is 262 cm³/mol. The van der Waals surface area contributed by atoms with E-state index in [1.165, 1.54) is 186 Å². The number of carbonyl (C=O) groups excluding carboxylic acids is 2. The lowest BCUT2D eigenvalue weighted by Gasteiger charge is -2.18. The van der Waals surface area contributed by atoms with Gasteiger partial charge in [-0.05, 0) is 83.6 Å². The molecule has 0 aromatic carbocycles. The SMILES string of the molecule is CCCCCCCCCC/C=C\CCCCCC(CCCCCCCC(=O)NC(CCCN)C(=O)O)OC(=O)CCCCCCCCCCCCCCCCCCCCCC. The van der Waals surface area contributed by atoms with E-state index in [1.54, 1.807) is 0 Å². The number of nitrogens with one attached hydrogen (secondary N) is 1. The van der Waals surface area contributed by atoms with E-state index in [2.05, 4.69) is 31.3 Å². The molecule has 0 heterocycles. The summed E-state index contributed by atoms with van der Waals surface area (Å²) in [6.45, 7) is 4.98. The molecular weight excluding hydrogens is 757 g/mol. The molecule has 0 aliphatic heterocycles. The lowest BCUT2D eigenvalue weighted by molar-refractivity contribution is -0.150. The first-order valence-corrected chi connectivity index (χ1v) is 27.0. The molecule has 0 aromatic rings. The van der Waals surface area contributed by atoms with E-state index in [-0.39, 0.29) is 18.0 Å². The molecule has 0 aliphatic carbocycles. The van der Waals surface area contributed by atoms with Gasteiger partial charge < -0.3 is 20.9 Å². The molecule has 2 unspecified atom stereocenters. The zero-order valence-corrected chi connectivity index (χ0v) is 40.8. The summed E-state index contributed by atoms with van der Waals surface area (Å²) in [4.78, 5) is 36.6. The highest BCUT2D eigenvalue weighted by Gasteiger charge is 2.19. The van der Waals surface area contributed by atoms with Crippen molar-refractivity contribution in [3.05, 3.63) is 12.2 Å². The molecule has 0 bridgehead atoms. The highest BCUT2D eigenvalue weighted by molar-refractivity contribution is 5.83. The zero-order chi connectivity index (χ0) is 44.5. The number of aliphatic carboxylic acids is 1. The zero-order valence-electron chi connectivity index (χ0n) is 40.8. The number of hydrogen-bond acceptors (Lipinski definition) is 5. The number of unbranched alkanes of at least 4 members (excludes halogenated alkanes) is 34. The third-order valence-electron chi connectivity index (χ3n) is 12.6. The molecule has 0 radical (unpaired) electrons. The Labute approximate surface area is 379 Å². The van der Waals surface area contributed by atoms with Gasteiger partial charge in [-0.1, -0.05) is 219 Å². The number of carbonyl (C=O) groups is 3. The van der Waals surface area contributed by atoms with Crippen LogP contribution >= 0.6 is 0 Å². The summed E-state index contributed by atoms with van der Waals surface area (Å²) in [5.41, 5.74) is 5.50. The first kappa shape index (κ1) is 59.1. The van der Waals surface area contributed by atoms with Crippen LogP contribution in [-0.2, 0) is 19.1 Å². The van der Waals surface area contributed by atoms with Gasteiger partial charge in [-0.15, -0.1) is 0 Å². The monoisotopic (exact) mass is 861 g/mol. The van der Waals surface area contributed by atoms with Gasteiger partial charge in [0.2, 0.25) is 5.91 Å². The molecule has 0 aromatic heterocycles. The van der Waals surface area contributed by atoms with Crippen LogP contribution in [0.5, 0.6) is 0 Å². The number of carboxylic acid groups (broad SMARTS) is 1. The fraction of sp³-hybridized carbons (Fsp3) is 0.907. The van der Waals surface area contributed by atoms with Crippen LogP contribution in [0.15, 0.2) is 12.2 Å². The summed E-state index contributed by atoms with van der Waals surface area (Å²) >= 11 is 0. The van der Waals surface area contributed by atoms with Gasteiger partial charge in [0.1, 0.15) is 12.1 Å². The number of rotatable bonds is 50. The van der Waals surface area contributed by atoms with Crippen LogP contribution in [0.1, 0.15) is 296 Å². The Morgan fingerprint density at radius 3 is 1.20 bits per heavy atom. The first-order valence-electron chi connectivity index (χ1n) is 27.0. The predicted octanol–water partition coefficient (Wildman–Crippen LogP) is 16.2. The van der Waals surface area contributed by atoms with E-state index in [9.17, 15) is 19.5 Å². The molecule has 61 heavy (non-hydrogen) atoms.